The number of hydrogen-bond donors (Lipinski definition) is 1. The van der Waals surface area contributed by atoms with Gasteiger partial charge in [-0.1, -0.05) is 23.7 Å². The smallest absolute Gasteiger partial charge is 0.155 e. The summed E-state index contributed by atoms with van der Waals surface area (Å²) >= 11 is 5.77. The van der Waals surface area contributed by atoms with Gasteiger partial charge in [0, 0.05) is 11.4 Å². The van der Waals surface area contributed by atoms with Crippen LogP contribution in [0.4, 0.5) is 0 Å². The van der Waals surface area contributed by atoms with Crippen molar-refractivity contribution in [2.24, 2.45) is 0 Å². The van der Waals surface area contributed by atoms with E-state index in [9.17, 15) is 0 Å². The van der Waals surface area contributed by atoms with Gasteiger partial charge in [0.05, 0.1) is 19.3 Å². The Balaban J connectivity index is 2.69. The van der Waals surface area contributed by atoms with Gasteiger partial charge in [0.25, 0.3) is 0 Å². The predicted octanol–water partition coefficient (Wildman–Crippen LogP) is 2.17. The van der Waals surface area contributed by atoms with Crippen LogP contribution in [0.15, 0.2) is 24.3 Å². The fraction of sp³-hybridized carbons (Fsp3) is 0.417. The maximum Gasteiger partial charge on any atom is 0.155 e. The third-order valence-corrected chi connectivity index (χ3v) is 2.46. The van der Waals surface area contributed by atoms with E-state index in [1.807, 2.05) is 12.1 Å². The van der Waals surface area contributed by atoms with Gasteiger partial charge in [-0.2, -0.15) is 5.26 Å². The maximum absolute atomic E-state index is 9.05. The number of halogens is 1. The topological polar surface area (TPSA) is 53.2 Å². The average molecular weight is 240 g/mol. The first-order chi connectivity index (χ1) is 7.59. The zero-order valence-corrected chi connectivity index (χ0v) is 9.87. The van der Waals surface area contributed by atoms with E-state index in [2.05, 4.69) is 6.07 Å². The summed E-state index contributed by atoms with van der Waals surface area (Å²) in [5, 5.41) is 18.4. The molecule has 1 N–H and O–H groups in total. The van der Waals surface area contributed by atoms with E-state index in [1.54, 1.807) is 19.1 Å². The molecule has 4 heteroatoms. The summed E-state index contributed by atoms with van der Waals surface area (Å²) in [5.74, 6) is 0. The van der Waals surface area contributed by atoms with Crippen LogP contribution in [0.25, 0.3) is 0 Å². The van der Waals surface area contributed by atoms with Crippen molar-refractivity contribution in [1.29, 1.82) is 5.26 Å². The Bertz CT molecular complexity index is 372. The summed E-state index contributed by atoms with van der Waals surface area (Å²) in [6.45, 7) is 1.78. The van der Waals surface area contributed by atoms with Crippen LogP contribution in [0.1, 0.15) is 12.5 Å². The van der Waals surface area contributed by atoms with E-state index in [1.165, 1.54) is 0 Å². The molecule has 1 rings (SSSR count). The lowest BCUT2D eigenvalue weighted by Gasteiger charge is -2.21. The van der Waals surface area contributed by atoms with Gasteiger partial charge in [-0.05, 0) is 24.6 Å². The van der Waals surface area contributed by atoms with Crippen molar-refractivity contribution in [3.05, 3.63) is 34.9 Å². The zero-order chi connectivity index (χ0) is 12.0. The van der Waals surface area contributed by atoms with Crippen molar-refractivity contribution in [2.45, 2.75) is 18.9 Å². The highest BCUT2D eigenvalue weighted by Crippen LogP contribution is 2.18. The van der Waals surface area contributed by atoms with Crippen LogP contribution in [-0.2, 0) is 11.2 Å². The minimum atomic E-state index is -0.906. The molecule has 0 amide bonds. The van der Waals surface area contributed by atoms with Crippen LogP contribution in [-0.4, -0.2) is 23.9 Å². The summed E-state index contributed by atoms with van der Waals surface area (Å²) in [5.41, 5.74) is 0.0719. The molecule has 0 saturated heterocycles. The largest absolute Gasteiger partial charge is 0.394 e. The molecular weight excluding hydrogens is 226 g/mol. The minimum Gasteiger partial charge on any atom is -0.394 e. The molecule has 0 aliphatic carbocycles. The van der Waals surface area contributed by atoms with E-state index >= 15 is 0 Å². The van der Waals surface area contributed by atoms with Crippen molar-refractivity contribution >= 4 is 11.6 Å². The third-order valence-electron chi connectivity index (χ3n) is 2.20. The van der Waals surface area contributed by atoms with Gasteiger partial charge in [-0.15, -0.1) is 0 Å². The van der Waals surface area contributed by atoms with Crippen molar-refractivity contribution < 1.29 is 9.84 Å². The second-order valence-electron chi connectivity index (χ2n) is 3.72. The van der Waals surface area contributed by atoms with Gasteiger partial charge in [0.15, 0.2) is 5.60 Å². The van der Waals surface area contributed by atoms with Crippen LogP contribution in [0.3, 0.4) is 0 Å². The van der Waals surface area contributed by atoms with E-state index in [0.29, 0.717) is 11.4 Å². The quantitative estimate of drug-likeness (QED) is 0.857. The Kier molecular flexibility index (Phi) is 4.75. The van der Waals surface area contributed by atoms with Crippen LogP contribution in [0.5, 0.6) is 0 Å². The molecule has 0 aliphatic heterocycles. The molecule has 0 saturated carbocycles. The molecule has 0 spiro atoms. The fourth-order valence-corrected chi connectivity index (χ4v) is 1.51. The number of aliphatic hydroxyl groups excluding tert-OH is 1. The summed E-state index contributed by atoms with van der Waals surface area (Å²) in [6, 6.07) is 9.39. The van der Waals surface area contributed by atoms with Gasteiger partial charge in [0.1, 0.15) is 0 Å². The monoisotopic (exact) mass is 239 g/mol. The van der Waals surface area contributed by atoms with Gasteiger partial charge in [0.2, 0.25) is 0 Å². The molecule has 1 unspecified atom stereocenters. The minimum absolute atomic E-state index is 0.0854. The van der Waals surface area contributed by atoms with Crippen molar-refractivity contribution in [2.75, 3.05) is 13.2 Å². The van der Waals surface area contributed by atoms with Crippen LogP contribution in [0.2, 0.25) is 5.02 Å². The Morgan fingerprint density at radius 2 is 2.06 bits per heavy atom. The molecule has 1 aromatic rings. The highest BCUT2D eigenvalue weighted by atomic mass is 35.5. The molecule has 0 aromatic heterocycles. The Hall–Kier alpha value is -1.08. The highest BCUT2D eigenvalue weighted by Gasteiger charge is 2.24. The number of nitriles is 1. The van der Waals surface area contributed by atoms with Gasteiger partial charge in [-0.3, -0.25) is 0 Å². The van der Waals surface area contributed by atoms with E-state index in [0.717, 1.165) is 5.56 Å². The fourth-order valence-electron chi connectivity index (χ4n) is 1.39. The number of nitrogens with zero attached hydrogens (tertiary/aromatic N) is 1. The molecule has 0 fully saturated rings. The first-order valence-corrected chi connectivity index (χ1v) is 5.38. The maximum atomic E-state index is 9.05. The molecule has 0 aliphatic rings. The zero-order valence-electron chi connectivity index (χ0n) is 9.11. The molecule has 1 aromatic carbocycles. The number of aliphatic hydroxyl groups is 1. The molecular formula is C12H14ClNO2. The summed E-state index contributed by atoms with van der Waals surface area (Å²) in [4.78, 5) is 0. The highest BCUT2D eigenvalue weighted by molar-refractivity contribution is 6.30. The second-order valence-corrected chi connectivity index (χ2v) is 4.15. The Morgan fingerprint density at radius 1 is 1.44 bits per heavy atom. The normalized spacial score (nSPS) is 14.1. The molecule has 3 nitrogen and oxygen atoms in total. The van der Waals surface area contributed by atoms with Gasteiger partial charge in [-0.25, -0.2) is 0 Å². The van der Waals surface area contributed by atoms with E-state index in [-0.39, 0.29) is 13.2 Å². The van der Waals surface area contributed by atoms with Crippen molar-refractivity contribution in [1.82, 2.24) is 0 Å². The van der Waals surface area contributed by atoms with E-state index in [4.69, 9.17) is 26.7 Å². The van der Waals surface area contributed by atoms with Gasteiger partial charge < -0.3 is 9.84 Å². The number of rotatable bonds is 5. The van der Waals surface area contributed by atoms with Crippen molar-refractivity contribution in [3.63, 3.8) is 0 Å². The summed E-state index contributed by atoms with van der Waals surface area (Å²) < 4.78 is 5.32. The molecule has 0 radical (unpaired) electrons. The van der Waals surface area contributed by atoms with Crippen LogP contribution in [0, 0.1) is 11.3 Å². The summed E-state index contributed by atoms with van der Waals surface area (Å²) in [7, 11) is 0. The average Bonchev–Trinajstić information content (AvgIpc) is 2.30. The van der Waals surface area contributed by atoms with Crippen molar-refractivity contribution in [3.8, 4) is 6.07 Å². The van der Waals surface area contributed by atoms with Crippen LogP contribution >= 0.6 is 11.6 Å². The first-order valence-electron chi connectivity index (χ1n) is 5.00. The number of ether oxygens (including phenoxy) is 1. The number of hydrogen-bond acceptors (Lipinski definition) is 3. The standard InChI is InChI=1S/C12H14ClNO2/c1-12(9-14,16-7-6-15)8-10-2-4-11(13)5-3-10/h2-5,15H,6-8H2,1H3. The Labute approximate surface area is 100 Å². The molecule has 1 atom stereocenters. The third kappa shape index (κ3) is 3.82. The lowest BCUT2D eigenvalue weighted by atomic mass is 9.98. The summed E-state index contributed by atoms with van der Waals surface area (Å²) in [6.07, 6.45) is 0.473. The SMILES string of the molecule is CC(C#N)(Cc1ccc(Cl)cc1)OCCO. The second kappa shape index (κ2) is 5.86. The number of benzene rings is 1. The lowest BCUT2D eigenvalue weighted by molar-refractivity contribution is -0.00698. The van der Waals surface area contributed by atoms with Crippen LogP contribution < -0.4 is 0 Å². The Morgan fingerprint density at radius 3 is 2.56 bits per heavy atom. The predicted molar refractivity (Wildman–Crippen MR) is 62.2 cm³/mol. The van der Waals surface area contributed by atoms with Gasteiger partial charge >= 0.3 is 0 Å². The van der Waals surface area contributed by atoms with E-state index < -0.39 is 5.60 Å². The molecule has 86 valence electrons. The first kappa shape index (κ1) is 13.0. The molecule has 0 heterocycles. The molecule has 16 heavy (non-hydrogen) atoms. The molecule has 0 bridgehead atoms. The lowest BCUT2D eigenvalue weighted by Crippen LogP contribution is -2.30.